The molecule has 1 heterocycles. The molecule has 1 aromatic heterocycles. The number of aryl methyl sites for hydroxylation is 1. The number of nitro benzene ring substituents is 1. The third-order valence-electron chi connectivity index (χ3n) is 3.62. The van der Waals surface area contributed by atoms with Crippen LogP contribution >= 0.6 is 0 Å². The second-order valence-electron chi connectivity index (χ2n) is 5.60. The molecule has 2 aromatic rings. The van der Waals surface area contributed by atoms with E-state index in [-0.39, 0.29) is 23.9 Å². The number of imidazole rings is 1. The molecule has 1 amide bonds. The molecule has 122 valence electrons. The molecule has 0 saturated heterocycles. The lowest BCUT2D eigenvalue weighted by atomic mass is 10.1. The highest BCUT2D eigenvalue weighted by Crippen LogP contribution is 2.17. The molecule has 2 rings (SSSR count). The van der Waals surface area contributed by atoms with E-state index in [1.807, 2.05) is 24.6 Å². The molecule has 23 heavy (non-hydrogen) atoms. The molecule has 0 aliphatic rings. The first-order valence-electron chi connectivity index (χ1n) is 7.44. The molecule has 7 heteroatoms. The smallest absolute Gasteiger partial charge is 0.273 e. The Bertz CT molecular complexity index is 696. The predicted octanol–water partition coefficient (Wildman–Crippen LogP) is 2.09. The first kappa shape index (κ1) is 16.7. The summed E-state index contributed by atoms with van der Waals surface area (Å²) >= 11 is 0. The molecule has 0 fully saturated rings. The Kier molecular flexibility index (Phi) is 5.46. The molecule has 0 bridgehead atoms. The lowest BCUT2D eigenvalue weighted by Crippen LogP contribution is -2.31. The SMILES string of the molecule is Cc1nccn1CC(C)CNC(=O)Cc1ccccc1[N+](=O)[O-]. The Labute approximate surface area is 134 Å². The maximum atomic E-state index is 12.0. The van der Waals surface area contributed by atoms with Crippen LogP contribution in [0.4, 0.5) is 5.69 Å². The summed E-state index contributed by atoms with van der Waals surface area (Å²) in [5.41, 5.74) is 0.401. The zero-order chi connectivity index (χ0) is 16.8. The van der Waals surface area contributed by atoms with Crippen LogP contribution in [0.25, 0.3) is 0 Å². The maximum Gasteiger partial charge on any atom is 0.273 e. The Morgan fingerprint density at radius 2 is 2.17 bits per heavy atom. The van der Waals surface area contributed by atoms with E-state index in [0.29, 0.717) is 12.1 Å². The van der Waals surface area contributed by atoms with Gasteiger partial charge in [-0.25, -0.2) is 4.98 Å². The minimum atomic E-state index is -0.465. The van der Waals surface area contributed by atoms with Crippen molar-refractivity contribution in [1.82, 2.24) is 14.9 Å². The van der Waals surface area contributed by atoms with E-state index >= 15 is 0 Å². The van der Waals surface area contributed by atoms with Gasteiger partial charge in [-0.05, 0) is 12.8 Å². The van der Waals surface area contributed by atoms with E-state index in [2.05, 4.69) is 10.3 Å². The number of benzene rings is 1. The first-order valence-corrected chi connectivity index (χ1v) is 7.44. The van der Waals surface area contributed by atoms with Crippen molar-refractivity contribution < 1.29 is 9.72 Å². The van der Waals surface area contributed by atoms with Crippen LogP contribution in [-0.2, 0) is 17.8 Å². The Hall–Kier alpha value is -2.70. The third kappa shape index (κ3) is 4.64. The summed E-state index contributed by atoms with van der Waals surface area (Å²) in [5.74, 6) is 0.953. The molecule has 7 nitrogen and oxygen atoms in total. The average molecular weight is 316 g/mol. The summed E-state index contributed by atoms with van der Waals surface area (Å²) in [7, 11) is 0. The number of para-hydroxylation sites is 1. The van der Waals surface area contributed by atoms with E-state index in [1.165, 1.54) is 6.07 Å². The molecular weight excluding hydrogens is 296 g/mol. The fourth-order valence-corrected chi connectivity index (χ4v) is 2.36. The summed E-state index contributed by atoms with van der Waals surface area (Å²) in [6, 6.07) is 6.30. The first-order chi connectivity index (χ1) is 11.0. The molecule has 1 unspecified atom stereocenters. The van der Waals surface area contributed by atoms with Crippen molar-refractivity contribution in [3.05, 3.63) is 58.2 Å². The van der Waals surface area contributed by atoms with Crippen molar-refractivity contribution in [2.75, 3.05) is 6.54 Å². The zero-order valence-electron chi connectivity index (χ0n) is 13.2. The van der Waals surface area contributed by atoms with Crippen LogP contribution in [0.15, 0.2) is 36.7 Å². The monoisotopic (exact) mass is 316 g/mol. The van der Waals surface area contributed by atoms with Crippen LogP contribution < -0.4 is 5.32 Å². The van der Waals surface area contributed by atoms with Crippen LogP contribution in [0.3, 0.4) is 0 Å². The van der Waals surface area contributed by atoms with Crippen molar-refractivity contribution in [3.63, 3.8) is 0 Å². The van der Waals surface area contributed by atoms with E-state index in [1.54, 1.807) is 24.4 Å². The lowest BCUT2D eigenvalue weighted by molar-refractivity contribution is -0.385. The topological polar surface area (TPSA) is 90.1 Å². The molecule has 0 radical (unpaired) electrons. The van der Waals surface area contributed by atoms with Gasteiger partial charge in [-0.3, -0.25) is 14.9 Å². The summed E-state index contributed by atoms with van der Waals surface area (Å²) in [5, 5.41) is 13.8. The number of rotatable bonds is 7. The van der Waals surface area contributed by atoms with Crippen molar-refractivity contribution in [3.8, 4) is 0 Å². The Morgan fingerprint density at radius 1 is 1.43 bits per heavy atom. The number of nitro groups is 1. The number of carbonyl (C=O) groups is 1. The number of aromatic nitrogens is 2. The number of nitrogens with one attached hydrogen (secondary N) is 1. The Balaban J connectivity index is 1.86. The van der Waals surface area contributed by atoms with Gasteiger partial charge in [0.25, 0.3) is 5.69 Å². The molecule has 0 spiro atoms. The number of nitrogens with zero attached hydrogens (tertiary/aromatic N) is 3. The average Bonchev–Trinajstić information content (AvgIpc) is 2.91. The van der Waals surface area contributed by atoms with Gasteiger partial charge < -0.3 is 9.88 Å². The number of carbonyl (C=O) groups excluding carboxylic acids is 1. The number of hydrogen-bond acceptors (Lipinski definition) is 4. The highest BCUT2D eigenvalue weighted by atomic mass is 16.6. The van der Waals surface area contributed by atoms with Gasteiger partial charge in [-0.1, -0.05) is 25.1 Å². The zero-order valence-corrected chi connectivity index (χ0v) is 13.2. The molecule has 0 aliphatic heterocycles. The van der Waals surface area contributed by atoms with Gasteiger partial charge in [0, 0.05) is 37.1 Å². The van der Waals surface area contributed by atoms with E-state index in [0.717, 1.165) is 12.4 Å². The normalized spacial score (nSPS) is 11.9. The minimum absolute atomic E-state index is 0.00791. The Morgan fingerprint density at radius 3 is 2.83 bits per heavy atom. The predicted molar refractivity (Wildman–Crippen MR) is 85.9 cm³/mol. The fraction of sp³-hybridized carbons (Fsp3) is 0.375. The molecule has 1 N–H and O–H groups in total. The van der Waals surface area contributed by atoms with Crippen LogP contribution in [-0.4, -0.2) is 26.9 Å². The number of amides is 1. The van der Waals surface area contributed by atoms with Gasteiger partial charge in [0.2, 0.25) is 5.91 Å². The van der Waals surface area contributed by atoms with Gasteiger partial charge in [0.05, 0.1) is 11.3 Å². The van der Waals surface area contributed by atoms with E-state index in [4.69, 9.17) is 0 Å². The van der Waals surface area contributed by atoms with E-state index in [9.17, 15) is 14.9 Å². The number of hydrogen-bond donors (Lipinski definition) is 1. The quantitative estimate of drug-likeness (QED) is 0.625. The second-order valence-corrected chi connectivity index (χ2v) is 5.60. The molecule has 0 aliphatic carbocycles. The minimum Gasteiger partial charge on any atom is -0.355 e. The van der Waals surface area contributed by atoms with E-state index < -0.39 is 4.92 Å². The largest absolute Gasteiger partial charge is 0.355 e. The van der Waals surface area contributed by atoms with Gasteiger partial charge in [-0.2, -0.15) is 0 Å². The molecule has 1 aromatic carbocycles. The van der Waals surface area contributed by atoms with Crippen molar-refractivity contribution >= 4 is 11.6 Å². The molecular formula is C16H20N4O3. The molecule has 1 atom stereocenters. The highest BCUT2D eigenvalue weighted by Gasteiger charge is 2.15. The van der Waals surface area contributed by atoms with Crippen LogP contribution in [0.1, 0.15) is 18.3 Å². The molecule has 0 saturated carbocycles. The fourth-order valence-electron chi connectivity index (χ4n) is 2.36. The van der Waals surface area contributed by atoms with Crippen LogP contribution in [0, 0.1) is 23.0 Å². The van der Waals surface area contributed by atoms with Crippen molar-refractivity contribution in [1.29, 1.82) is 0 Å². The summed E-state index contributed by atoms with van der Waals surface area (Å²) in [4.78, 5) is 26.6. The summed E-state index contributed by atoms with van der Waals surface area (Å²) < 4.78 is 2.03. The van der Waals surface area contributed by atoms with Crippen LogP contribution in [0.5, 0.6) is 0 Å². The summed E-state index contributed by atoms with van der Waals surface area (Å²) in [6.45, 7) is 5.24. The van der Waals surface area contributed by atoms with Gasteiger partial charge in [-0.15, -0.1) is 0 Å². The maximum absolute atomic E-state index is 12.0. The van der Waals surface area contributed by atoms with Crippen molar-refractivity contribution in [2.24, 2.45) is 5.92 Å². The van der Waals surface area contributed by atoms with Gasteiger partial charge >= 0.3 is 0 Å². The van der Waals surface area contributed by atoms with Gasteiger partial charge in [0.15, 0.2) is 0 Å². The highest BCUT2D eigenvalue weighted by molar-refractivity contribution is 5.79. The lowest BCUT2D eigenvalue weighted by Gasteiger charge is -2.14. The summed E-state index contributed by atoms with van der Waals surface area (Å²) in [6.07, 6.45) is 3.66. The van der Waals surface area contributed by atoms with Crippen LogP contribution in [0.2, 0.25) is 0 Å². The third-order valence-corrected chi connectivity index (χ3v) is 3.62. The second kappa shape index (κ2) is 7.53. The van der Waals surface area contributed by atoms with Gasteiger partial charge in [0.1, 0.15) is 5.82 Å². The standard InChI is InChI=1S/C16H20N4O3/c1-12(11-19-8-7-17-13(19)2)10-18-16(21)9-14-5-3-4-6-15(14)20(22)23/h3-8,12H,9-11H2,1-2H3,(H,18,21). The van der Waals surface area contributed by atoms with Crippen molar-refractivity contribution in [2.45, 2.75) is 26.8 Å².